The van der Waals surface area contributed by atoms with Gasteiger partial charge in [-0.15, -0.1) is 0 Å². The number of hydrogen-bond donors (Lipinski definition) is 1. The fourth-order valence-electron chi connectivity index (χ4n) is 1.38. The van der Waals surface area contributed by atoms with Crippen molar-refractivity contribution in [3.05, 3.63) is 28.8 Å². The van der Waals surface area contributed by atoms with Crippen LogP contribution in [0.3, 0.4) is 0 Å². The summed E-state index contributed by atoms with van der Waals surface area (Å²) in [4.78, 5) is 11.2. The molecule has 0 radical (unpaired) electrons. The Kier molecular flexibility index (Phi) is 5.25. The van der Waals surface area contributed by atoms with Crippen LogP contribution in [0, 0.1) is 0 Å². The minimum absolute atomic E-state index is 0.0847. The Morgan fingerprint density at radius 3 is 2.82 bits per heavy atom. The molecule has 5 heteroatoms. The molecule has 1 atom stereocenters. The molecule has 0 saturated carbocycles. The van der Waals surface area contributed by atoms with Gasteiger partial charge in [-0.3, -0.25) is 4.79 Å². The van der Waals surface area contributed by atoms with Crippen LogP contribution in [0.4, 0.5) is 0 Å². The first-order valence-electron chi connectivity index (χ1n) is 5.25. The van der Waals surface area contributed by atoms with Gasteiger partial charge in [-0.1, -0.05) is 17.7 Å². The quantitative estimate of drug-likeness (QED) is 0.824. The highest BCUT2D eigenvalue weighted by Gasteiger charge is 2.15. The van der Waals surface area contributed by atoms with E-state index in [1.807, 2.05) is 0 Å². The minimum Gasteiger partial charge on any atom is -0.495 e. The smallest absolute Gasteiger partial charge is 0.308 e. The number of benzene rings is 1. The summed E-state index contributed by atoms with van der Waals surface area (Å²) in [5.41, 5.74) is 0.569. The zero-order chi connectivity index (χ0) is 12.8. The lowest BCUT2D eigenvalue weighted by atomic mass is 10.1. The van der Waals surface area contributed by atoms with E-state index in [9.17, 15) is 9.90 Å². The standard InChI is InChI=1S/C12H15ClO4/c1-3-17-12(15)7-10(14)8-4-5-9(13)11(6-8)16-2/h4-6,10,14H,3,7H2,1-2H3. The SMILES string of the molecule is CCOC(=O)CC(O)c1ccc(Cl)c(OC)c1. The lowest BCUT2D eigenvalue weighted by molar-refractivity contribution is -0.145. The third kappa shape index (κ3) is 3.91. The first kappa shape index (κ1) is 13.8. The highest BCUT2D eigenvalue weighted by molar-refractivity contribution is 6.32. The number of aliphatic hydroxyl groups is 1. The summed E-state index contributed by atoms with van der Waals surface area (Å²) < 4.78 is 9.79. The van der Waals surface area contributed by atoms with Crippen LogP contribution in [-0.4, -0.2) is 24.8 Å². The third-order valence-electron chi connectivity index (χ3n) is 2.23. The second-order valence-corrected chi connectivity index (χ2v) is 3.83. The Hall–Kier alpha value is -1.26. The molecule has 0 aliphatic carbocycles. The van der Waals surface area contributed by atoms with Gasteiger partial charge in [0.05, 0.1) is 31.3 Å². The number of methoxy groups -OCH3 is 1. The minimum atomic E-state index is -0.916. The van der Waals surface area contributed by atoms with Gasteiger partial charge >= 0.3 is 5.97 Å². The molecule has 0 aliphatic heterocycles. The zero-order valence-corrected chi connectivity index (χ0v) is 10.5. The molecule has 1 N–H and O–H groups in total. The van der Waals surface area contributed by atoms with Crippen molar-refractivity contribution in [2.75, 3.05) is 13.7 Å². The van der Waals surface area contributed by atoms with Crippen LogP contribution >= 0.6 is 11.6 Å². The molecule has 4 nitrogen and oxygen atoms in total. The monoisotopic (exact) mass is 258 g/mol. The average molecular weight is 259 g/mol. The first-order valence-corrected chi connectivity index (χ1v) is 5.63. The topological polar surface area (TPSA) is 55.8 Å². The largest absolute Gasteiger partial charge is 0.495 e. The van der Waals surface area contributed by atoms with Crippen LogP contribution in [0.1, 0.15) is 25.0 Å². The van der Waals surface area contributed by atoms with Crippen LogP contribution in [-0.2, 0) is 9.53 Å². The van der Waals surface area contributed by atoms with Gasteiger partial charge in [-0.25, -0.2) is 0 Å². The van der Waals surface area contributed by atoms with Crippen LogP contribution in [0.15, 0.2) is 18.2 Å². The fourth-order valence-corrected chi connectivity index (χ4v) is 1.57. The molecule has 94 valence electrons. The van der Waals surface area contributed by atoms with Gasteiger partial charge in [0.2, 0.25) is 0 Å². The number of halogens is 1. The Bertz CT molecular complexity index is 392. The predicted octanol–water partition coefficient (Wildman–Crippen LogP) is 2.34. The number of hydrogen-bond acceptors (Lipinski definition) is 4. The lowest BCUT2D eigenvalue weighted by Crippen LogP contribution is -2.10. The van der Waals surface area contributed by atoms with Crippen molar-refractivity contribution in [1.29, 1.82) is 0 Å². The van der Waals surface area contributed by atoms with Crippen molar-refractivity contribution in [3.63, 3.8) is 0 Å². The number of aliphatic hydroxyl groups excluding tert-OH is 1. The Morgan fingerprint density at radius 1 is 1.53 bits per heavy atom. The second-order valence-electron chi connectivity index (χ2n) is 3.42. The van der Waals surface area contributed by atoms with E-state index in [0.29, 0.717) is 22.9 Å². The van der Waals surface area contributed by atoms with Gasteiger partial charge in [-0.05, 0) is 24.6 Å². The van der Waals surface area contributed by atoms with Crippen LogP contribution in [0.5, 0.6) is 5.75 Å². The highest BCUT2D eigenvalue weighted by atomic mass is 35.5. The van der Waals surface area contributed by atoms with Gasteiger partial charge in [-0.2, -0.15) is 0 Å². The molecular weight excluding hydrogens is 244 g/mol. The van der Waals surface area contributed by atoms with Crippen molar-refractivity contribution in [2.24, 2.45) is 0 Å². The lowest BCUT2D eigenvalue weighted by Gasteiger charge is -2.12. The van der Waals surface area contributed by atoms with E-state index < -0.39 is 12.1 Å². The molecule has 0 spiro atoms. The van der Waals surface area contributed by atoms with Crippen LogP contribution in [0.25, 0.3) is 0 Å². The summed E-state index contributed by atoms with van der Waals surface area (Å²) in [5.74, 6) is 0.0287. The summed E-state index contributed by atoms with van der Waals surface area (Å²) in [6.07, 6.45) is -1.00. The van der Waals surface area contributed by atoms with E-state index in [2.05, 4.69) is 0 Å². The van der Waals surface area contributed by atoms with E-state index in [4.69, 9.17) is 21.1 Å². The molecule has 0 amide bonds. The number of esters is 1. The van der Waals surface area contributed by atoms with Crippen molar-refractivity contribution < 1.29 is 19.4 Å². The number of ether oxygens (including phenoxy) is 2. The highest BCUT2D eigenvalue weighted by Crippen LogP contribution is 2.28. The van der Waals surface area contributed by atoms with Gasteiger partial charge in [0, 0.05) is 0 Å². The normalized spacial score (nSPS) is 12.0. The summed E-state index contributed by atoms with van der Waals surface area (Å²) in [7, 11) is 1.49. The molecular formula is C12H15ClO4. The molecule has 1 unspecified atom stereocenters. The van der Waals surface area contributed by atoms with Gasteiger partial charge in [0.15, 0.2) is 0 Å². The van der Waals surface area contributed by atoms with E-state index in [-0.39, 0.29) is 6.42 Å². The van der Waals surface area contributed by atoms with Crippen molar-refractivity contribution in [2.45, 2.75) is 19.4 Å². The van der Waals surface area contributed by atoms with Crippen molar-refractivity contribution in [3.8, 4) is 5.75 Å². The van der Waals surface area contributed by atoms with Gasteiger partial charge < -0.3 is 14.6 Å². The fraction of sp³-hybridized carbons (Fsp3) is 0.417. The molecule has 0 aliphatic rings. The maximum Gasteiger partial charge on any atom is 0.308 e. The summed E-state index contributed by atoms with van der Waals surface area (Å²) >= 11 is 5.86. The number of carbonyl (C=O) groups is 1. The van der Waals surface area contributed by atoms with Crippen LogP contribution < -0.4 is 4.74 Å². The molecule has 0 fully saturated rings. The van der Waals surface area contributed by atoms with Gasteiger partial charge in [0.25, 0.3) is 0 Å². The van der Waals surface area contributed by atoms with E-state index in [1.54, 1.807) is 25.1 Å². The molecule has 1 rings (SSSR count). The van der Waals surface area contributed by atoms with E-state index >= 15 is 0 Å². The van der Waals surface area contributed by atoms with Crippen molar-refractivity contribution >= 4 is 17.6 Å². The second kappa shape index (κ2) is 6.47. The molecule has 0 saturated heterocycles. The summed E-state index contributed by atoms with van der Waals surface area (Å²) in [5, 5.41) is 10.3. The molecule has 1 aromatic carbocycles. The molecule has 1 aromatic rings. The maximum absolute atomic E-state index is 11.2. The Labute approximate surface area is 105 Å². The molecule has 0 aromatic heterocycles. The van der Waals surface area contributed by atoms with E-state index in [1.165, 1.54) is 7.11 Å². The Balaban J connectivity index is 2.75. The molecule has 0 bridgehead atoms. The van der Waals surface area contributed by atoms with Gasteiger partial charge in [0.1, 0.15) is 5.75 Å². The zero-order valence-electron chi connectivity index (χ0n) is 9.77. The van der Waals surface area contributed by atoms with Crippen molar-refractivity contribution in [1.82, 2.24) is 0 Å². The molecule has 17 heavy (non-hydrogen) atoms. The summed E-state index contributed by atoms with van der Waals surface area (Å²) in [6, 6.07) is 4.87. The summed E-state index contributed by atoms with van der Waals surface area (Å²) in [6.45, 7) is 2.02. The van der Waals surface area contributed by atoms with E-state index in [0.717, 1.165) is 0 Å². The van der Waals surface area contributed by atoms with Crippen LogP contribution in [0.2, 0.25) is 5.02 Å². The average Bonchev–Trinajstić information content (AvgIpc) is 2.29. The predicted molar refractivity (Wildman–Crippen MR) is 64.2 cm³/mol. The Morgan fingerprint density at radius 2 is 2.24 bits per heavy atom. The number of carbonyl (C=O) groups excluding carboxylic acids is 1. The molecule has 0 heterocycles. The third-order valence-corrected chi connectivity index (χ3v) is 2.54. The maximum atomic E-state index is 11.2. The first-order chi connectivity index (χ1) is 8.08. The number of rotatable bonds is 5.